The van der Waals surface area contributed by atoms with Crippen molar-refractivity contribution >= 4 is 42.8 Å². The Labute approximate surface area is 367 Å². The minimum Gasteiger partial charge on any atom is -0.416 e. The summed E-state index contributed by atoms with van der Waals surface area (Å²) in [6.45, 7) is 12.2. The van der Waals surface area contributed by atoms with Crippen molar-refractivity contribution in [1.29, 1.82) is 0 Å². The van der Waals surface area contributed by atoms with E-state index in [9.17, 15) is 0 Å². The Morgan fingerprint density at radius 2 is 0.600 bits per heavy atom. The average Bonchev–Trinajstić information content (AvgIpc) is 4.08. The van der Waals surface area contributed by atoms with E-state index in [1.54, 1.807) is 0 Å². The smallest absolute Gasteiger partial charge is 0.317 e. The topological polar surface area (TPSA) is 102 Å². The highest BCUT2D eigenvalue weighted by Crippen LogP contribution is 2.49. The highest BCUT2D eigenvalue weighted by Gasteiger charge is 2.59. The molecule has 15 heteroatoms. The van der Waals surface area contributed by atoms with E-state index in [-0.39, 0.29) is 0 Å². The maximum atomic E-state index is 7.96. The van der Waals surface area contributed by atoms with Crippen molar-refractivity contribution in [2.75, 3.05) is 0 Å². The maximum Gasteiger partial charge on any atom is 0.317 e. The number of hydrogen-bond donors (Lipinski definition) is 0. The SMILES string of the molecule is C[Si]1(CCC2CCC3OC3C2)O[Si](C)(CCC2CCC3OC3C2)O[Si](C)(CCC2CCC3CC2O3)O[Si](C)(CCC2CCC3OC3C2)O[Si](C)(CCC2CCC3CC2O3)O1. The number of epoxide rings is 3. The number of hydrogen-bond acceptors (Lipinski definition) is 10. The molecule has 0 amide bonds. The van der Waals surface area contributed by atoms with Crippen LogP contribution in [0.3, 0.4) is 0 Å². The van der Waals surface area contributed by atoms with Crippen LogP contribution in [-0.4, -0.2) is 104 Å². The van der Waals surface area contributed by atoms with Crippen molar-refractivity contribution in [1.82, 2.24) is 0 Å². The minimum atomic E-state index is -2.85. The van der Waals surface area contributed by atoms with Gasteiger partial charge in [0.1, 0.15) is 0 Å². The molecule has 340 valence electrons. The Bertz CT molecular complexity index is 1440. The first-order valence-corrected chi connectivity index (χ1v) is 38.2. The van der Waals surface area contributed by atoms with Gasteiger partial charge in [-0.05, 0) is 208 Å². The van der Waals surface area contributed by atoms with Crippen LogP contribution in [0.2, 0.25) is 63.0 Å². The molecule has 8 heterocycles. The molecule has 8 aliphatic heterocycles. The van der Waals surface area contributed by atoms with Gasteiger partial charge in [-0.15, -0.1) is 0 Å². The van der Waals surface area contributed by atoms with Crippen LogP contribution >= 0.6 is 0 Å². The van der Waals surface area contributed by atoms with E-state index < -0.39 is 42.8 Å². The summed E-state index contributed by atoms with van der Waals surface area (Å²) < 4.78 is 70.6. The predicted molar refractivity (Wildman–Crippen MR) is 241 cm³/mol. The van der Waals surface area contributed by atoms with Gasteiger partial charge >= 0.3 is 42.8 Å². The zero-order valence-corrected chi connectivity index (χ0v) is 42.9. The molecule has 60 heavy (non-hydrogen) atoms. The molecule has 19 atom stereocenters. The third kappa shape index (κ3) is 10.0. The summed E-state index contributed by atoms with van der Waals surface area (Å²) >= 11 is 0. The van der Waals surface area contributed by atoms with Gasteiger partial charge < -0.3 is 44.3 Å². The number of rotatable bonds is 15. The second-order valence-corrected chi connectivity index (χ2v) is 41.2. The molecule has 0 spiro atoms. The molecule has 13 rings (SSSR count). The lowest BCUT2D eigenvalue weighted by atomic mass is 9.79. The highest BCUT2D eigenvalue weighted by atomic mass is 28.5. The largest absolute Gasteiger partial charge is 0.416 e. The van der Waals surface area contributed by atoms with Crippen LogP contribution in [0.4, 0.5) is 0 Å². The lowest BCUT2D eigenvalue weighted by Gasteiger charge is -2.52. The summed E-state index contributed by atoms with van der Waals surface area (Å²) in [6.07, 6.45) is 29.1. The standard InChI is InChI=1S/C45H80O10Si5/c1-56(21-16-31-6-13-38-43(26-31)48-38)51-57(2,22-17-32-7-14-39-44(27-32)49-39)53-60(5,25-20-35-10-12-37-30-42(35)47-37)55-58(3,23-18-33-8-15-40-45(28-33)50-40)54-59(4,52-56)24-19-34-9-11-36-29-41(34)46-36/h31-45H,6-30H2,1-5H3. The normalized spacial score (nSPS) is 55.2. The summed E-state index contributed by atoms with van der Waals surface area (Å²) in [5.41, 5.74) is 0. The van der Waals surface area contributed by atoms with Gasteiger partial charge in [0.05, 0.1) is 61.0 Å². The third-order valence-corrected chi connectivity index (χ3v) is 41.2. The zero-order valence-electron chi connectivity index (χ0n) is 37.9. The van der Waals surface area contributed by atoms with Crippen LogP contribution < -0.4 is 0 Å². The van der Waals surface area contributed by atoms with Crippen molar-refractivity contribution in [2.24, 2.45) is 29.6 Å². The summed E-state index contributed by atoms with van der Waals surface area (Å²) in [4.78, 5) is 0. The van der Waals surface area contributed by atoms with Gasteiger partial charge in [-0.25, -0.2) is 0 Å². The van der Waals surface area contributed by atoms with Crippen molar-refractivity contribution in [3.63, 3.8) is 0 Å². The molecule has 13 aliphatic rings. The van der Waals surface area contributed by atoms with E-state index in [2.05, 4.69) is 32.7 Å². The zero-order chi connectivity index (χ0) is 40.9. The van der Waals surface area contributed by atoms with Crippen LogP contribution in [0.5, 0.6) is 0 Å². The van der Waals surface area contributed by atoms with E-state index in [4.69, 9.17) is 44.3 Å². The van der Waals surface area contributed by atoms with Gasteiger partial charge in [0.15, 0.2) is 0 Å². The first-order valence-electron chi connectivity index (χ1n) is 25.5. The summed E-state index contributed by atoms with van der Waals surface area (Å²) in [6, 6.07) is 5.01. The van der Waals surface area contributed by atoms with Crippen molar-refractivity contribution in [3.05, 3.63) is 0 Å². The summed E-state index contributed by atoms with van der Waals surface area (Å²) in [5, 5.41) is 0. The van der Waals surface area contributed by atoms with Gasteiger partial charge in [-0.1, -0.05) is 0 Å². The lowest BCUT2D eigenvalue weighted by molar-refractivity contribution is -0.185. The molecule has 19 unspecified atom stereocenters. The van der Waals surface area contributed by atoms with Crippen LogP contribution in [0.15, 0.2) is 0 Å². The van der Waals surface area contributed by atoms with Crippen LogP contribution in [0, 0.1) is 29.6 Å². The van der Waals surface area contributed by atoms with E-state index in [1.807, 2.05) is 0 Å². The average molecular weight is 922 g/mol. The summed E-state index contributed by atoms with van der Waals surface area (Å²) in [5.74, 6) is 3.24. The molecule has 13 fully saturated rings. The molecule has 5 aliphatic carbocycles. The van der Waals surface area contributed by atoms with Crippen molar-refractivity contribution < 1.29 is 44.3 Å². The molecule has 4 bridgehead atoms. The molecule has 0 aromatic rings. The fraction of sp³-hybridized carbons (Fsp3) is 1.00. The van der Waals surface area contributed by atoms with Gasteiger partial charge in [0, 0.05) is 12.8 Å². The fourth-order valence-electron chi connectivity index (χ4n) is 14.2. The quantitative estimate of drug-likeness (QED) is 0.117. The molecule has 0 aromatic heterocycles. The molecule has 5 saturated carbocycles. The summed E-state index contributed by atoms with van der Waals surface area (Å²) in [7, 11) is -14.2. The van der Waals surface area contributed by atoms with E-state index >= 15 is 0 Å². The maximum absolute atomic E-state index is 7.96. The number of ether oxygens (including phenoxy) is 5. The van der Waals surface area contributed by atoms with Crippen LogP contribution in [0.1, 0.15) is 128 Å². The van der Waals surface area contributed by atoms with Crippen molar-refractivity contribution in [3.8, 4) is 0 Å². The van der Waals surface area contributed by atoms with Gasteiger partial charge in [-0.3, -0.25) is 0 Å². The van der Waals surface area contributed by atoms with Crippen molar-refractivity contribution in [2.45, 2.75) is 252 Å². The van der Waals surface area contributed by atoms with Crippen LogP contribution in [0.25, 0.3) is 0 Å². The lowest BCUT2D eigenvalue weighted by Crippen LogP contribution is -2.67. The van der Waals surface area contributed by atoms with E-state index in [0.29, 0.717) is 90.6 Å². The molecular weight excluding hydrogens is 841 g/mol. The molecular formula is C45H80O10Si5. The molecule has 0 N–H and O–H groups in total. The monoisotopic (exact) mass is 920 g/mol. The molecule has 0 aromatic carbocycles. The van der Waals surface area contributed by atoms with E-state index in [1.165, 1.54) is 96.3 Å². The molecule has 0 radical (unpaired) electrons. The Hall–Kier alpha value is 0.684. The Balaban J connectivity index is 0.909. The molecule has 8 saturated heterocycles. The Kier molecular flexibility index (Phi) is 12.1. The number of fused-ring (bicyclic) bond motifs is 7. The van der Waals surface area contributed by atoms with Gasteiger partial charge in [0.25, 0.3) is 0 Å². The predicted octanol–water partition coefficient (Wildman–Crippen LogP) is 10.2. The van der Waals surface area contributed by atoms with Gasteiger partial charge in [0.2, 0.25) is 0 Å². The Morgan fingerprint density at radius 3 is 0.867 bits per heavy atom. The minimum absolute atomic E-state index is 0.422. The Morgan fingerprint density at radius 1 is 0.300 bits per heavy atom. The van der Waals surface area contributed by atoms with E-state index in [0.717, 1.165) is 62.3 Å². The van der Waals surface area contributed by atoms with Crippen LogP contribution in [-0.2, 0) is 44.3 Å². The highest BCUT2D eigenvalue weighted by molar-refractivity contribution is 6.94. The second kappa shape index (κ2) is 16.8. The molecule has 10 nitrogen and oxygen atoms in total. The second-order valence-electron chi connectivity index (χ2n) is 23.3. The first-order chi connectivity index (χ1) is 28.8. The first kappa shape index (κ1) is 43.3. The fourth-order valence-corrected chi connectivity index (χ4v) is 43.9. The van der Waals surface area contributed by atoms with Gasteiger partial charge in [-0.2, -0.15) is 0 Å². The third-order valence-electron chi connectivity index (χ3n) is 18.0.